The first kappa shape index (κ1) is 61.0. The average Bonchev–Trinajstić information content (AvgIpc) is 1.58. The molecule has 91 heavy (non-hydrogen) atoms. The van der Waals surface area contributed by atoms with Gasteiger partial charge in [0, 0.05) is 34.6 Å². The lowest BCUT2D eigenvalue weighted by atomic mass is 9.46. The number of aliphatic hydroxyl groups is 7. The highest BCUT2D eigenvalue weighted by Gasteiger charge is 2.79. The summed E-state index contributed by atoms with van der Waals surface area (Å²) in [5, 5.41) is 105. The summed E-state index contributed by atoms with van der Waals surface area (Å²) in [5.74, 6) is -2.11. The summed E-state index contributed by atoms with van der Waals surface area (Å²) in [5.41, 5.74) is -2.72. The Morgan fingerprint density at radius 2 is 1.60 bits per heavy atom. The fourth-order valence-electron chi connectivity index (χ4n) is 23.2. The van der Waals surface area contributed by atoms with Crippen LogP contribution in [0.3, 0.4) is 0 Å². The van der Waals surface area contributed by atoms with Crippen molar-refractivity contribution in [3.63, 3.8) is 0 Å². The number of hydrogen-bond acceptors (Lipinski definition) is 17. The second kappa shape index (κ2) is 22.1. The summed E-state index contributed by atoms with van der Waals surface area (Å²) in [6, 6.07) is 19.9. The van der Waals surface area contributed by atoms with Gasteiger partial charge in [0.05, 0.1) is 42.0 Å². The second-order valence-corrected chi connectivity index (χ2v) is 33.8. The maximum atomic E-state index is 16.6. The number of carbonyl (C=O) groups excluding carboxylic acids is 3. The molecule has 15 nitrogen and oxygen atoms in total. The smallest absolute Gasteiger partial charge is 0.229 e. The lowest BCUT2D eigenvalue weighted by Crippen LogP contribution is -2.81. The van der Waals surface area contributed by atoms with E-state index in [0.717, 1.165) is 112 Å². The number of fused-ring (bicyclic) bond motifs is 2. The summed E-state index contributed by atoms with van der Waals surface area (Å²) >= 11 is 0. The quantitative estimate of drug-likeness (QED) is 0.0669. The van der Waals surface area contributed by atoms with Crippen LogP contribution in [0.1, 0.15) is 166 Å². The molecule has 3 heterocycles. The Hall–Kier alpha value is -4.95. The highest BCUT2D eigenvalue weighted by atomic mass is 33.1. The van der Waals surface area contributed by atoms with E-state index < -0.39 is 86.8 Å². The molecule has 8 fully saturated rings. The maximum Gasteiger partial charge on any atom is 0.229 e. The molecule has 10 bridgehead atoms. The largest absolute Gasteiger partial charge is 0.511 e. The van der Waals surface area contributed by atoms with Gasteiger partial charge in [-0.05, 0) is 226 Å². The number of aromatic hydroxyl groups is 1. The molecule has 17 heteroatoms. The Balaban J connectivity index is 0.805. The van der Waals surface area contributed by atoms with Crippen molar-refractivity contribution in [1.29, 1.82) is 0 Å². The summed E-state index contributed by atoms with van der Waals surface area (Å²) in [6.07, 6.45) is 18.3. The van der Waals surface area contributed by atoms with Gasteiger partial charge in [-0.15, -0.1) is 0 Å². The SMILES string of the molecule is O=CC1CC2(CCC3(CCC(Cc4cccc(O)c4)C3)C2)CC12CC1CC3CC4CC5(CO)OC6Oc7cccc8c7C(=O)C7(C(O)=CC(Cc9cccc(CO)c9)=CC7C8=O)C(CCC7(O)CCCCC7)SSCNC7=CC(=C3CN7)C1(C2)C4C(O)(C6O)C5O. The zero-order valence-corrected chi connectivity index (χ0v) is 53.5. The van der Waals surface area contributed by atoms with Gasteiger partial charge >= 0.3 is 0 Å². The van der Waals surface area contributed by atoms with Crippen LogP contribution in [0.25, 0.3) is 0 Å². The van der Waals surface area contributed by atoms with Crippen LogP contribution in [0.15, 0.2) is 113 Å². The fraction of sp³-hybridized carbons (Fsp3) is 0.608. The molecule has 0 aromatic heterocycles. The van der Waals surface area contributed by atoms with Crippen LogP contribution in [0.4, 0.5) is 0 Å². The van der Waals surface area contributed by atoms with Crippen LogP contribution in [0.5, 0.6) is 11.5 Å². The number of aldehydes is 1. The average molecular weight is 1280 g/mol. The molecule has 11 aliphatic carbocycles. The Morgan fingerprint density at radius 1 is 0.802 bits per heavy atom. The Labute approximate surface area is 540 Å². The number of phenolic OH excluding ortho intramolecular Hbond substituents is 1. The summed E-state index contributed by atoms with van der Waals surface area (Å²) in [6.45, 7) is -0.370. The molecule has 1 saturated heterocycles. The minimum absolute atomic E-state index is 0.0408. The van der Waals surface area contributed by atoms with E-state index in [-0.39, 0.29) is 76.6 Å². The molecule has 17 rings (SSSR count). The third kappa shape index (κ3) is 9.23. The zero-order valence-electron chi connectivity index (χ0n) is 51.8. The third-order valence-electron chi connectivity index (χ3n) is 26.5. The number of hydrogen-bond donors (Lipinski definition) is 10. The number of benzene rings is 3. The number of aliphatic hydroxyl groups excluding tert-OH is 5. The fourth-order valence-corrected chi connectivity index (χ4v) is 26.0. The number of ketones is 2. The Bertz CT molecular complexity index is 3620. The van der Waals surface area contributed by atoms with Crippen molar-refractivity contribution in [1.82, 2.24) is 10.6 Å². The van der Waals surface area contributed by atoms with Crippen LogP contribution in [-0.4, -0.2) is 118 Å². The molecular formula is C74H88N2O13S2. The van der Waals surface area contributed by atoms with Crippen LogP contribution in [0.2, 0.25) is 0 Å². The van der Waals surface area contributed by atoms with E-state index in [1.807, 2.05) is 42.5 Å². The molecule has 10 N–H and O–H groups in total. The number of rotatable bonds is 10. The minimum Gasteiger partial charge on any atom is -0.511 e. The molecule has 484 valence electrons. The molecule has 3 aliphatic heterocycles. The van der Waals surface area contributed by atoms with Crippen molar-refractivity contribution in [2.24, 2.45) is 68.5 Å². The number of Topliss-reactive ketones (excluding diaryl/α,β-unsaturated/α-hetero) is 2. The first-order chi connectivity index (χ1) is 43.8. The summed E-state index contributed by atoms with van der Waals surface area (Å²) in [4.78, 5) is 46.6. The molecule has 14 aliphatic rings. The van der Waals surface area contributed by atoms with Crippen molar-refractivity contribution in [3.8, 4) is 11.5 Å². The highest BCUT2D eigenvalue weighted by molar-refractivity contribution is 8.76. The first-order valence-electron chi connectivity index (χ1n) is 34.1. The summed E-state index contributed by atoms with van der Waals surface area (Å²) in [7, 11) is 2.90. The molecule has 18 unspecified atom stereocenters. The highest BCUT2D eigenvalue weighted by Crippen LogP contribution is 2.80. The molecule has 5 spiro atoms. The lowest BCUT2D eigenvalue weighted by molar-refractivity contribution is -0.392. The monoisotopic (exact) mass is 1280 g/mol. The van der Waals surface area contributed by atoms with Crippen molar-refractivity contribution < 1.29 is 64.7 Å². The van der Waals surface area contributed by atoms with Gasteiger partial charge in [-0.3, -0.25) is 9.59 Å². The van der Waals surface area contributed by atoms with Crippen LogP contribution in [0, 0.1) is 68.5 Å². The van der Waals surface area contributed by atoms with Gasteiger partial charge in [0.25, 0.3) is 0 Å². The number of allylic oxidation sites excluding steroid dienone is 6. The van der Waals surface area contributed by atoms with Crippen molar-refractivity contribution in [3.05, 3.63) is 141 Å². The van der Waals surface area contributed by atoms with E-state index in [2.05, 4.69) is 22.8 Å². The van der Waals surface area contributed by atoms with E-state index in [1.165, 1.54) is 33.4 Å². The van der Waals surface area contributed by atoms with Gasteiger partial charge in [-0.25, -0.2) is 0 Å². The number of nitrogens with one attached hydrogen (secondary N) is 2. The topological polar surface area (TPSA) is 256 Å². The minimum atomic E-state index is -2.38. The lowest BCUT2D eigenvalue weighted by Gasteiger charge is -2.65. The zero-order chi connectivity index (χ0) is 62.7. The molecule has 3 aromatic carbocycles. The van der Waals surface area contributed by atoms with Crippen molar-refractivity contribution >= 4 is 39.4 Å². The van der Waals surface area contributed by atoms with E-state index in [9.17, 15) is 45.6 Å². The predicted octanol–water partition coefficient (Wildman–Crippen LogP) is 10.2. The maximum absolute atomic E-state index is 16.6. The van der Waals surface area contributed by atoms with Crippen molar-refractivity contribution in [2.75, 3.05) is 19.0 Å². The van der Waals surface area contributed by atoms with Gasteiger partial charge in [-0.2, -0.15) is 0 Å². The number of dihydropyridines is 1. The van der Waals surface area contributed by atoms with E-state index in [4.69, 9.17) is 9.47 Å². The predicted molar refractivity (Wildman–Crippen MR) is 344 cm³/mol. The number of phenols is 1. The van der Waals surface area contributed by atoms with E-state index >= 15 is 9.59 Å². The standard InChI is InChI=1S/C74H88N2O13S2/c77-35-45-9-4-7-42(22-45)23-46-25-55-61(82)52-11-6-12-56-60(52)63(83)73(55,57(81)26-46)58(14-18-70(86)15-2-1-3-16-70)91-90-41-76-59-29-54-53(34-75-59)47-27-48-31-71(40-79)66(85)74(87,64(84)65(88-56)89-71)62(48)72(54)39-69(33-49(72)28-47)38-68(32-50(69)36-78)20-19-67(37-68)17-13-44(30-67)21-43-8-5-10-51(80)24-43/h4-12,22,24-26,29,36,44,47-50,55,58,62,64-66,75-77,79-81,84-87H,1-3,13-21,23,27-28,30-35,37-41H2. The molecule has 3 aromatic rings. The van der Waals surface area contributed by atoms with Gasteiger partial charge in [-0.1, -0.05) is 95.5 Å². The van der Waals surface area contributed by atoms with E-state index in [0.29, 0.717) is 73.8 Å². The van der Waals surface area contributed by atoms with Crippen LogP contribution < -0.4 is 15.4 Å². The first-order valence-corrected chi connectivity index (χ1v) is 36.5. The van der Waals surface area contributed by atoms with Crippen LogP contribution in [-0.2, 0) is 29.0 Å². The van der Waals surface area contributed by atoms with Crippen molar-refractivity contribution in [2.45, 2.75) is 188 Å². The van der Waals surface area contributed by atoms with Gasteiger partial charge < -0.3 is 65.8 Å². The molecule has 7 saturated carbocycles. The molecule has 18 atom stereocenters. The van der Waals surface area contributed by atoms with Crippen LogP contribution >= 0.6 is 21.6 Å². The van der Waals surface area contributed by atoms with Gasteiger partial charge in [0.1, 0.15) is 52.4 Å². The Morgan fingerprint density at radius 3 is 2.42 bits per heavy atom. The molecule has 0 amide bonds. The third-order valence-corrected chi connectivity index (χ3v) is 29.2. The second-order valence-electron chi connectivity index (χ2n) is 31.3. The molecular weight excluding hydrogens is 1190 g/mol. The Kier molecular flexibility index (Phi) is 14.8. The number of carbonyl (C=O) groups is 3. The summed E-state index contributed by atoms with van der Waals surface area (Å²) < 4.78 is 13.8. The van der Waals surface area contributed by atoms with Gasteiger partial charge in [0.15, 0.2) is 11.6 Å². The van der Waals surface area contributed by atoms with Gasteiger partial charge in [0.2, 0.25) is 6.29 Å². The normalized spacial score (nSPS) is 42.3. The van der Waals surface area contributed by atoms with E-state index in [1.54, 1.807) is 30.3 Å². The molecule has 0 radical (unpaired) electrons. The number of ether oxygens (including phenoxy) is 2.